The Morgan fingerprint density at radius 2 is 2.15 bits per heavy atom. The third kappa shape index (κ3) is 1.67. The maximum Gasteiger partial charge on any atom is 0.409 e. The first-order valence-corrected chi connectivity index (χ1v) is 4.37. The fourth-order valence-corrected chi connectivity index (χ4v) is 1.76. The Kier molecular flexibility index (Phi) is 2.87. The van der Waals surface area contributed by atoms with Crippen LogP contribution in [0.2, 0.25) is 0 Å². The summed E-state index contributed by atoms with van der Waals surface area (Å²) in [5.74, 6) is 0. The molecule has 1 N–H and O–H groups in total. The predicted molar refractivity (Wildman–Crippen MR) is 42.5 cm³/mol. The number of hydrogen-bond donors (Lipinski definition) is 1. The number of likely N-dealkylation sites (N-methyl/N-ethyl adjacent to an activating group) is 1. The lowest BCUT2D eigenvalue weighted by molar-refractivity contribution is -0.207. The summed E-state index contributed by atoms with van der Waals surface area (Å²) in [5.41, 5.74) is -1.83. The first kappa shape index (κ1) is 10.8. The standard InChI is InChI=1S/C8H14F3NO/c1-3-12-7(8(9,10)11)4-5-13-6(7)2/h6,12H,3-5H2,1-2H3. The number of halogens is 3. The lowest BCUT2D eigenvalue weighted by Crippen LogP contribution is -2.61. The SMILES string of the molecule is CCNC1(C(F)(F)F)CCOC1C. The number of nitrogens with one attached hydrogen (secondary N) is 1. The average molecular weight is 197 g/mol. The Morgan fingerprint density at radius 3 is 2.46 bits per heavy atom. The number of rotatable bonds is 2. The maximum absolute atomic E-state index is 12.7. The summed E-state index contributed by atoms with van der Waals surface area (Å²) in [6.45, 7) is 3.60. The van der Waals surface area contributed by atoms with Crippen molar-refractivity contribution in [1.82, 2.24) is 5.32 Å². The van der Waals surface area contributed by atoms with Gasteiger partial charge in [-0.3, -0.25) is 0 Å². The van der Waals surface area contributed by atoms with Gasteiger partial charge in [0.2, 0.25) is 0 Å². The fourth-order valence-electron chi connectivity index (χ4n) is 1.76. The Hall–Kier alpha value is -0.290. The molecular formula is C8H14F3NO. The zero-order valence-electron chi connectivity index (χ0n) is 7.74. The highest BCUT2D eigenvalue weighted by atomic mass is 19.4. The second-order valence-corrected chi connectivity index (χ2v) is 3.26. The van der Waals surface area contributed by atoms with Gasteiger partial charge in [-0.15, -0.1) is 0 Å². The van der Waals surface area contributed by atoms with E-state index in [1.165, 1.54) is 6.92 Å². The van der Waals surface area contributed by atoms with Gasteiger partial charge in [0, 0.05) is 13.0 Å². The zero-order valence-corrected chi connectivity index (χ0v) is 7.74. The van der Waals surface area contributed by atoms with E-state index in [-0.39, 0.29) is 13.0 Å². The first-order valence-electron chi connectivity index (χ1n) is 4.37. The molecule has 1 saturated heterocycles. The van der Waals surface area contributed by atoms with Crippen molar-refractivity contribution in [2.75, 3.05) is 13.2 Å². The van der Waals surface area contributed by atoms with Gasteiger partial charge in [0.15, 0.2) is 0 Å². The normalized spacial score (nSPS) is 35.3. The number of ether oxygens (including phenoxy) is 1. The van der Waals surface area contributed by atoms with E-state index in [9.17, 15) is 13.2 Å². The van der Waals surface area contributed by atoms with Crippen LogP contribution in [0.3, 0.4) is 0 Å². The van der Waals surface area contributed by atoms with Crippen LogP contribution in [0.4, 0.5) is 13.2 Å². The molecule has 0 aromatic heterocycles. The highest BCUT2D eigenvalue weighted by molar-refractivity contribution is 5.03. The van der Waals surface area contributed by atoms with Crippen molar-refractivity contribution >= 4 is 0 Å². The Labute approximate surface area is 75.4 Å². The summed E-state index contributed by atoms with van der Waals surface area (Å²) < 4.78 is 43.1. The summed E-state index contributed by atoms with van der Waals surface area (Å²) in [7, 11) is 0. The minimum absolute atomic E-state index is 0.00546. The van der Waals surface area contributed by atoms with Crippen LogP contribution < -0.4 is 5.32 Å². The van der Waals surface area contributed by atoms with Crippen LogP contribution in [0.15, 0.2) is 0 Å². The summed E-state index contributed by atoms with van der Waals surface area (Å²) in [4.78, 5) is 0. The number of hydrogen-bond acceptors (Lipinski definition) is 2. The summed E-state index contributed by atoms with van der Waals surface area (Å²) in [5, 5.41) is 2.50. The van der Waals surface area contributed by atoms with Crippen LogP contribution in [-0.2, 0) is 4.74 Å². The van der Waals surface area contributed by atoms with Crippen LogP contribution in [0.1, 0.15) is 20.3 Å². The molecule has 1 heterocycles. The van der Waals surface area contributed by atoms with Crippen LogP contribution in [0.5, 0.6) is 0 Å². The Morgan fingerprint density at radius 1 is 1.54 bits per heavy atom. The van der Waals surface area contributed by atoms with E-state index in [4.69, 9.17) is 4.74 Å². The topological polar surface area (TPSA) is 21.3 Å². The quantitative estimate of drug-likeness (QED) is 0.727. The molecule has 0 aromatic rings. The summed E-state index contributed by atoms with van der Waals surface area (Å²) in [6, 6.07) is 0. The molecule has 1 rings (SSSR count). The van der Waals surface area contributed by atoms with E-state index in [0.29, 0.717) is 6.54 Å². The first-order chi connectivity index (χ1) is 5.94. The molecule has 13 heavy (non-hydrogen) atoms. The van der Waals surface area contributed by atoms with E-state index < -0.39 is 17.8 Å². The third-order valence-electron chi connectivity index (χ3n) is 2.56. The molecule has 0 radical (unpaired) electrons. The van der Waals surface area contributed by atoms with Crippen LogP contribution >= 0.6 is 0 Å². The summed E-state index contributed by atoms with van der Waals surface area (Å²) in [6.07, 6.45) is -5.03. The Bertz CT molecular complexity index is 183. The molecule has 1 aliphatic heterocycles. The van der Waals surface area contributed by atoms with Crippen molar-refractivity contribution in [3.63, 3.8) is 0 Å². The van der Waals surface area contributed by atoms with Crippen LogP contribution in [-0.4, -0.2) is 31.0 Å². The predicted octanol–water partition coefficient (Wildman–Crippen LogP) is 1.71. The summed E-state index contributed by atoms with van der Waals surface area (Å²) >= 11 is 0. The van der Waals surface area contributed by atoms with Gasteiger partial charge in [0.05, 0.1) is 6.10 Å². The van der Waals surface area contributed by atoms with E-state index in [1.54, 1.807) is 6.92 Å². The van der Waals surface area contributed by atoms with Gasteiger partial charge in [-0.25, -0.2) is 0 Å². The highest BCUT2D eigenvalue weighted by Crippen LogP contribution is 2.40. The molecule has 0 amide bonds. The van der Waals surface area contributed by atoms with Gasteiger partial charge in [-0.05, 0) is 13.5 Å². The molecule has 0 saturated carbocycles. The second kappa shape index (κ2) is 3.46. The van der Waals surface area contributed by atoms with Gasteiger partial charge < -0.3 is 10.1 Å². The molecule has 2 unspecified atom stereocenters. The maximum atomic E-state index is 12.7. The van der Waals surface area contributed by atoms with Gasteiger partial charge in [-0.2, -0.15) is 13.2 Å². The van der Waals surface area contributed by atoms with E-state index >= 15 is 0 Å². The lowest BCUT2D eigenvalue weighted by Gasteiger charge is -2.34. The zero-order chi connectivity index (χ0) is 10.1. The molecule has 2 atom stereocenters. The van der Waals surface area contributed by atoms with E-state index in [0.717, 1.165) is 0 Å². The smallest absolute Gasteiger partial charge is 0.376 e. The molecule has 2 nitrogen and oxygen atoms in total. The van der Waals surface area contributed by atoms with Crippen molar-refractivity contribution in [3.8, 4) is 0 Å². The minimum Gasteiger partial charge on any atom is -0.376 e. The monoisotopic (exact) mass is 197 g/mol. The van der Waals surface area contributed by atoms with Gasteiger partial charge >= 0.3 is 6.18 Å². The van der Waals surface area contributed by atoms with Crippen LogP contribution in [0, 0.1) is 0 Å². The van der Waals surface area contributed by atoms with Crippen molar-refractivity contribution in [1.29, 1.82) is 0 Å². The molecular weight excluding hydrogens is 183 g/mol. The van der Waals surface area contributed by atoms with Crippen molar-refractivity contribution in [2.24, 2.45) is 0 Å². The molecule has 1 fully saturated rings. The molecule has 0 aliphatic carbocycles. The largest absolute Gasteiger partial charge is 0.409 e. The second-order valence-electron chi connectivity index (χ2n) is 3.26. The fraction of sp³-hybridized carbons (Fsp3) is 1.00. The lowest BCUT2D eigenvalue weighted by atomic mass is 9.91. The highest BCUT2D eigenvalue weighted by Gasteiger charge is 2.60. The van der Waals surface area contributed by atoms with Crippen molar-refractivity contribution < 1.29 is 17.9 Å². The van der Waals surface area contributed by atoms with E-state index in [2.05, 4.69) is 5.32 Å². The molecule has 5 heteroatoms. The van der Waals surface area contributed by atoms with Gasteiger partial charge in [0.1, 0.15) is 5.54 Å². The third-order valence-corrected chi connectivity index (χ3v) is 2.56. The number of alkyl halides is 3. The Balaban J connectivity index is 2.87. The van der Waals surface area contributed by atoms with Gasteiger partial charge in [0.25, 0.3) is 0 Å². The average Bonchev–Trinajstić information content (AvgIpc) is 2.33. The molecule has 0 bridgehead atoms. The van der Waals surface area contributed by atoms with Crippen LogP contribution in [0.25, 0.3) is 0 Å². The molecule has 0 spiro atoms. The van der Waals surface area contributed by atoms with E-state index in [1.807, 2.05) is 0 Å². The molecule has 0 aromatic carbocycles. The van der Waals surface area contributed by atoms with Crippen molar-refractivity contribution in [2.45, 2.75) is 38.1 Å². The van der Waals surface area contributed by atoms with Gasteiger partial charge in [-0.1, -0.05) is 6.92 Å². The minimum atomic E-state index is -4.24. The van der Waals surface area contributed by atoms with Crippen molar-refractivity contribution in [3.05, 3.63) is 0 Å². The molecule has 1 aliphatic rings. The molecule has 78 valence electrons.